The van der Waals surface area contributed by atoms with E-state index in [0.29, 0.717) is 28.8 Å². The molecular weight excluding hydrogens is 248 g/mol. The van der Waals surface area contributed by atoms with Crippen LogP contribution in [0.2, 0.25) is 5.02 Å². The Morgan fingerprint density at radius 3 is 2.83 bits per heavy atom. The lowest BCUT2D eigenvalue weighted by Gasteiger charge is -2.07. The topological polar surface area (TPSA) is 61.6 Å². The van der Waals surface area contributed by atoms with Crippen molar-refractivity contribution < 1.29 is 0 Å². The highest BCUT2D eigenvalue weighted by molar-refractivity contribution is 6.31. The van der Waals surface area contributed by atoms with E-state index in [-0.39, 0.29) is 0 Å². The first-order chi connectivity index (χ1) is 8.70. The fraction of sp³-hybridized carbons (Fsp3) is 0.154. The van der Waals surface area contributed by atoms with E-state index in [9.17, 15) is 0 Å². The first-order valence-corrected chi connectivity index (χ1v) is 5.79. The lowest BCUT2D eigenvalue weighted by atomic mass is 10.2. The third-order valence-electron chi connectivity index (χ3n) is 2.49. The van der Waals surface area contributed by atoms with Crippen LogP contribution >= 0.6 is 11.6 Å². The number of nitrogens with zero attached hydrogens (tertiary/aromatic N) is 3. The van der Waals surface area contributed by atoms with Gasteiger partial charge in [0.15, 0.2) is 0 Å². The summed E-state index contributed by atoms with van der Waals surface area (Å²) in [5.41, 5.74) is 2.12. The zero-order valence-electron chi connectivity index (χ0n) is 9.81. The van der Waals surface area contributed by atoms with Crippen molar-refractivity contribution in [1.82, 2.24) is 9.97 Å². The number of aryl methyl sites for hydroxylation is 1. The molecule has 90 valence electrons. The Bertz CT molecular complexity index is 604. The van der Waals surface area contributed by atoms with Crippen molar-refractivity contribution >= 4 is 17.5 Å². The lowest BCUT2D eigenvalue weighted by molar-refractivity contribution is 1.02. The number of hydrogen-bond donors (Lipinski definition) is 1. The second kappa shape index (κ2) is 5.48. The van der Waals surface area contributed by atoms with Crippen LogP contribution in [0, 0.1) is 18.3 Å². The van der Waals surface area contributed by atoms with Crippen LogP contribution < -0.4 is 5.32 Å². The van der Waals surface area contributed by atoms with Crippen LogP contribution in [0.15, 0.2) is 30.5 Å². The van der Waals surface area contributed by atoms with E-state index in [1.165, 1.54) is 6.20 Å². The number of rotatable bonds is 3. The van der Waals surface area contributed by atoms with Crippen molar-refractivity contribution in [3.05, 3.63) is 52.3 Å². The van der Waals surface area contributed by atoms with Gasteiger partial charge in [-0.25, -0.2) is 9.97 Å². The summed E-state index contributed by atoms with van der Waals surface area (Å²) in [6.07, 6.45) is 1.51. The summed E-state index contributed by atoms with van der Waals surface area (Å²) < 4.78 is 0. The maximum Gasteiger partial charge on any atom is 0.223 e. The molecule has 0 fully saturated rings. The Morgan fingerprint density at radius 1 is 1.39 bits per heavy atom. The first kappa shape index (κ1) is 12.3. The minimum atomic E-state index is 0.485. The number of benzene rings is 1. The first-order valence-electron chi connectivity index (χ1n) is 5.41. The molecule has 0 bridgehead atoms. The van der Waals surface area contributed by atoms with Gasteiger partial charge in [-0.05, 0) is 18.6 Å². The Morgan fingerprint density at radius 2 is 2.17 bits per heavy atom. The summed E-state index contributed by atoms with van der Waals surface area (Å²) in [6, 6.07) is 9.61. The maximum atomic E-state index is 8.79. The van der Waals surface area contributed by atoms with Gasteiger partial charge in [0.05, 0.1) is 17.5 Å². The van der Waals surface area contributed by atoms with Gasteiger partial charge >= 0.3 is 0 Å². The van der Waals surface area contributed by atoms with Crippen LogP contribution in [0.25, 0.3) is 0 Å². The minimum absolute atomic E-state index is 0.485. The molecule has 0 radical (unpaired) electrons. The van der Waals surface area contributed by atoms with Gasteiger partial charge in [-0.3, -0.25) is 0 Å². The fourth-order valence-electron chi connectivity index (χ4n) is 1.48. The van der Waals surface area contributed by atoms with Crippen LogP contribution in [0.5, 0.6) is 0 Å². The Kier molecular flexibility index (Phi) is 3.75. The molecule has 1 N–H and O–H groups in total. The summed E-state index contributed by atoms with van der Waals surface area (Å²) in [5, 5.41) is 12.6. The monoisotopic (exact) mass is 258 g/mol. The molecule has 4 nitrogen and oxygen atoms in total. The van der Waals surface area contributed by atoms with E-state index >= 15 is 0 Å². The average Bonchev–Trinajstić information content (AvgIpc) is 2.38. The van der Waals surface area contributed by atoms with Gasteiger partial charge in [0.1, 0.15) is 6.07 Å². The Labute approximate surface area is 110 Å². The molecule has 0 amide bonds. The number of anilines is 1. The minimum Gasteiger partial charge on any atom is -0.350 e. The largest absolute Gasteiger partial charge is 0.350 e. The van der Waals surface area contributed by atoms with Gasteiger partial charge in [0.25, 0.3) is 0 Å². The fourth-order valence-corrected chi connectivity index (χ4v) is 1.68. The van der Waals surface area contributed by atoms with E-state index in [0.717, 1.165) is 5.56 Å². The van der Waals surface area contributed by atoms with Crippen LogP contribution in [0.4, 0.5) is 5.95 Å². The molecule has 2 rings (SSSR count). The van der Waals surface area contributed by atoms with Gasteiger partial charge in [-0.15, -0.1) is 0 Å². The molecule has 0 saturated carbocycles. The molecule has 1 aromatic carbocycles. The number of nitrogens with one attached hydrogen (secondary N) is 1. The third kappa shape index (κ3) is 2.76. The average molecular weight is 259 g/mol. The van der Waals surface area contributed by atoms with Gasteiger partial charge < -0.3 is 5.32 Å². The standard InChI is InChI=1S/C13H11ClN4/c1-9-11(6-15)8-17-13(18-9)16-7-10-4-2-3-5-12(10)14/h2-5,8H,7H2,1H3,(H,16,17,18). The van der Waals surface area contributed by atoms with Crippen LogP contribution in [-0.4, -0.2) is 9.97 Å². The molecule has 0 aliphatic rings. The number of hydrogen-bond acceptors (Lipinski definition) is 4. The molecule has 0 spiro atoms. The number of halogens is 1. The van der Waals surface area contributed by atoms with E-state index in [4.69, 9.17) is 16.9 Å². The van der Waals surface area contributed by atoms with Gasteiger partial charge in [-0.2, -0.15) is 5.26 Å². The summed E-state index contributed by atoms with van der Waals surface area (Å²) in [4.78, 5) is 8.27. The second-order valence-electron chi connectivity index (χ2n) is 3.75. The lowest BCUT2D eigenvalue weighted by Crippen LogP contribution is -2.05. The molecule has 0 saturated heterocycles. The van der Waals surface area contributed by atoms with Crippen molar-refractivity contribution in [3.63, 3.8) is 0 Å². The molecule has 1 heterocycles. The van der Waals surface area contributed by atoms with Crippen molar-refractivity contribution in [3.8, 4) is 6.07 Å². The van der Waals surface area contributed by atoms with Crippen LogP contribution in [0.1, 0.15) is 16.8 Å². The zero-order chi connectivity index (χ0) is 13.0. The third-order valence-corrected chi connectivity index (χ3v) is 2.86. The van der Waals surface area contributed by atoms with Crippen LogP contribution in [-0.2, 0) is 6.54 Å². The summed E-state index contributed by atoms with van der Waals surface area (Å²) in [7, 11) is 0. The van der Waals surface area contributed by atoms with E-state index in [1.54, 1.807) is 6.92 Å². The zero-order valence-corrected chi connectivity index (χ0v) is 10.6. The van der Waals surface area contributed by atoms with E-state index in [1.807, 2.05) is 30.3 Å². The molecule has 18 heavy (non-hydrogen) atoms. The van der Waals surface area contributed by atoms with Gasteiger partial charge in [-0.1, -0.05) is 29.8 Å². The molecule has 0 aliphatic carbocycles. The highest BCUT2D eigenvalue weighted by Gasteiger charge is 2.03. The van der Waals surface area contributed by atoms with Gasteiger partial charge in [0.2, 0.25) is 5.95 Å². The second-order valence-corrected chi connectivity index (χ2v) is 4.16. The highest BCUT2D eigenvalue weighted by Crippen LogP contribution is 2.16. The molecule has 5 heteroatoms. The van der Waals surface area contributed by atoms with Crippen molar-refractivity contribution in [2.75, 3.05) is 5.32 Å². The predicted octanol–water partition coefficient (Wildman–Crippen LogP) is 2.92. The molecule has 0 atom stereocenters. The summed E-state index contributed by atoms with van der Waals surface area (Å²) in [6.45, 7) is 2.33. The normalized spacial score (nSPS) is 9.83. The van der Waals surface area contributed by atoms with E-state index < -0.39 is 0 Å². The summed E-state index contributed by atoms with van der Waals surface area (Å²) in [5.74, 6) is 0.492. The van der Waals surface area contributed by atoms with E-state index in [2.05, 4.69) is 15.3 Å². The number of aromatic nitrogens is 2. The Hall–Kier alpha value is -2.12. The smallest absolute Gasteiger partial charge is 0.223 e. The number of nitriles is 1. The van der Waals surface area contributed by atoms with Gasteiger partial charge in [0, 0.05) is 11.6 Å². The maximum absolute atomic E-state index is 8.79. The molecule has 0 aliphatic heterocycles. The highest BCUT2D eigenvalue weighted by atomic mass is 35.5. The molecule has 1 aromatic heterocycles. The van der Waals surface area contributed by atoms with Crippen LogP contribution in [0.3, 0.4) is 0 Å². The van der Waals surface area contributed by atoms with Crippen molar-refractivity contribution in [2.45, 2.75) is 13.5 Å². The molecule has 0 unspecified atom stereocenters. The van der Waals surface area contributed by atoms with Crippen molar-refractivity contribution in [1.29, 1.82) is 5.26 Å². The SMILES string of the molecule is Cc1nc(NCc2ccccc2Cl)ncc1C#N. The predicted molar refractivity (Wildman–Crippen MR) is 70.3 cm³/mol. The van der Waals surface area contributed by atoms with Crippen molar-refractivity contribution in [2.24, 2.45) is 0 Å². The molecule has 2 aromatic rings. The Balaban J connectivity index is 2.10. The molecular formula is C13H11ClN4. The quantitative estimate of drug-likeness (QED) is 0.920. The summed E-state index contributed by atoms with van der Waals surface area (Å²) >= 11 is 6.05.